The van der Waals surface area contributed by atoms with Gasteiger partial charge in [-0.2, -0.15) is 5.10 Å². The summed E-state index contributed by atoms with van der Waals surface area (Å²) in [5, 5.41) is 14.0. The molecular weight excluding hydrogens is 270 g/mol. The van der Waals surface area contributed by atoms with Crippen LogP contribution in [0.3, 0.4) is 0 Å². The van der Waals surface area contributed by atoms with E-state index in [0.29, 0.717) is 19.0 Å². The maximum absolute atomic E-state index is 12.5. The zero-order chi connectivity index (χ0) is 15.0. The number of hydrogen-bond donors (Lipinski definition) is 1. The molecule has 1 amide bonds. The van der Waals surface area contributed by atoms with Gasteiger partial charge in [0.05, 0.1) is 11.8 Å². The minimum atomic E-state index is -0.624. The Morgan fingerprint density at radius 3 is 2.81 bits per heavy atom. The monoisotopic (exact) mass is 291 g/mol. The summed E-state index contributed by atoms with van der Waals surface area (Å²) in [7, 11) is 0. The van der Waals surface area contributed by atoms with Gasteiger partial charge in [0.2, 0.25) is 5.91 Å². The minimum Gasteiger partial charge on any atom is -0.391 e. The van der Waals surface area contributed by atoms with Crippen LogP contribution in [0.15, 0.2) is 16.9 Å². The number of nitrogens with zero attached hydrogens (tertiary/aromatic N) is 3. The van der Waals surface area contributed by atoms with Crippen LogP contribution in [0, 0.1) is 0 Å². The highest BCUT2D eigenvalue weighted by Gasteiger charge is 2.30. The Labute approximate surface area is 123 Å². The van der Waals surface area contributed by atoms with Crippen molar-refractivity contribution < 1.29 is 9.90 Å². The van der Waals surface area contributed by atoms with Crippen LogP contribution in [0.1, 0.15) is 50.3 Å². The van der Waals surface area contributed by atoms with Gasteiger partial charge in [0.25, 0.3) is 5.56 Å². The molecular formula is C15H21N3O3. The predicted octanol–water partition coefficient (Wildman–Crippen LogP) is 0.665. The van der Waals surface area contributed by atoms with E-state index in [2.05, 4.69) is 5.10 Å². The molecule has 6 nitrogen and oxygen atoms in total. The van der Waals surface area contributed by atoms with E-state index in [4.69, 9.17) is 0 Å². The van der Waals surface area contributed by atoms with Gasteiger partial charge in [0.15, 0.2) is 0 Å². The largest absolute Gasteiger partial charge is 0.391 e. The summed E-state index contributed by atoms with van der Waals surface area (Å²) in [5.41, 5.74) is 0.644. The molecule has 1 aliphatic heterocycles. The summed E-state index contributed by atoms with van der Waals surface area (Å²) < 4.78 is 1.29. The average molecular weight is 291 g/mol. The maximum atomic E-state index is 12.5. The van der Waals surface area contributed by atoms with E-state index in [-0.39, 0.29) is 11.5 Å². The Morgan fingerprint density at radius 1 is 1.38 bits per heavy atom. The van der Waals surface area contributed by atoms with Crippen molar-refractivity contribution >= 4 is 5.91 Å². The van der Waals surface area contributed by atoms with Gasteiger partial charge >= 0.3 is 0 Å². The van der Waals surface area contributed by atoms with Crippen LogP contribution >= 0.6 is 0 Å². The molecule has 1 aromatic rings. The third kappa shape index (κ3) is 3.00. The fourth-order valence-electron chi connectivity index (χ4n) is 2.84. The first-order valence-corrected chi connectivity index (χ1v) is 7.63. The molecule has 1 aliphatic carbocycles. The Bertz CT molecular complexity index is 594. The van der Waals surface area contributed by atoms with E-state index < -0.39 is 12.1 Å². The van der Waals surface area contributed by atoms with Crippen molar-refractivity contribution in [2.45, 2.75) is 50.7 Å². The number of aliphatic hydroxyl groups excluding tert-OH is 1. The average Bonchev–Trinajstić information content (AvgIpc) is 3.31. The molecule has 1 aromatic heterocycles. The van der Waals surface area contributed by atoms with Gasteiger partial charge in [-0.25, -0.2) is 4.68 Å². The second-order valence-corrected chi connectivity index (χ2v) is 6.07. The molecule has 6 heteroatoms. The molecule has 1 saturated carbocycles. The molecule has 2 atom stereocenters. The van der Waals surface area contributed by atoms with Crippen LogP contribution in [-0.2, 0) is 4.79 Å². The lowest BCUT2D eigenvalue weighted by Gasteiger charge is -2.32. The molecule has 2 heterocycles. The van der Waals surface area contributed by atoms with E-state index in [0.717, 1.165) is 31.4 Å². The smallest absolute Gasteiger partial charge is 0.267 e. The van der Waals surface area contributed by atoms with Gasteiger partial charge in [-0.05, 0) is 38.7 Å². The first-order valence-electron chi connectivity index (χ1n) is 7.63. The lowest BCUT2D eigenvalue weighted by molar-refractivity contribution is -0.137. The van der Waals surface area contributed by atoms with E-state index in [1.165, 1.54) is 10.7 Å². The van der Waals surface area contributed by atoms with Gasteiger partial charge in [0, 0.05) is 25.1 Å². The highest BCUT2D eigenvalue weighted by molar-refractivity contribution is 5.80. The summed E-state index contributed by atoms with van der Waals surface area (Å²) in [4.78, 5) is 26.1. The summed E-state index contributed by atoms with van der Waals surface area (Å²) >= 11 is 0. The van der Waals surface area contributed by atoms with Gasteiger partial charge in [-0.3, -0.25) is 9.59 Å². The molecule has 114 valence electrons. The molecule has 2 fully saturated rings. The lowest BCUT2D eigenvalue weighted by Crippen LogP contribution is -2.46. The Morgan fingerprint density at radius 2 is 2.14 bits per heavy atom. The van der Waals surface area contributed by atoms with Crippen molar-refractivity contribution in [3.63, 3.8) is 0 Å². The molecule has 2 aliphatic rings. The number of aliphatic hydroxyl groups is 1. The van der Waals surface area contributed by atoms with Crippen molar-refractivity contribution in [3.8, 4) is 0 Å². The maximum Gasteiger partial charge on any atom is 0.267 e. The Hall–Kier alpha value is -1.69. The number of β-amino-alcohol motifs (C(OH)–C–C–N with tert-alkyl or cyclic N) is 1. The number of likely N-dealkylation sites (tertiary alicyclic amines) is 1. The summed E-state index contributed by atoms with van der Waals surface area (Å²) in [6.45, 7) is 2.69. The molecule has 3 rings (SSSR count). The lowest BCUT2D eigenvalue weighted by atomic mass is 10.1. The number of carbonyl (C=O) groups is 1. The fraction of sp³-hybridized carbons (Fsp3) is 0.667. The third-order valence-corrected chi connectivity index (χ3v) is 4.27. The molecule has 1 saturated heterocycles. The molecule has 0 spiro atoms. The van der Waals surface area contributed by atoms with Gasteiger partial charge < -0.3 is 10.0 Å². The quantitative estimate of drug-likeness (QED) is 0.888. The van der Waals surface area contributed by atoms with Crippen molar-refractivity contribution in [2.75, 3.05) is 13.1 Å². The Kier molecular flexibility index (Phi) is 3.80. The van der Waals surface area contributed by atoms with E-state index in [9.17, 15) is 14.7 Å². The first-order chi connectivity index (χ1) is 10.1. The standard InChI is InChI=1S/C15H21N3O3/c1-10(15(21)17-8-2-3-12(19)9-17)18-14(20)7-6-13(16-18)11-4-5-11/h6-7,10-12,19H,2-5,8-9H2,1H3. The number of amides is 1. The summed E-state index contributed by atoms with van der Waals surface area (Å²) in [6.07, 6.45) is 3.27. The topological polar surface area (TPSA) is 75.4 Å². The molecule has 0 bridgehead atoms. The first kappa shape index (κ1) is 14.3. The van der Waals surface area contributed by atoms with Crippen LogP contribution in [0.4, 0.5) is 0 Å². The second-order valence-electron chi connectivity index (χ2n) is 6.07. The van der Waals surface area contributed by atoms with Crippen molar-refractivity contribution in [3.05, 3.63) is 28.2 Å². The number of piperidine rings is 1. The van der Waals surface area contributed by atoms with Gasteiger partial charge in [-0.15, -0.1) is 0 Å². The highest BCUT2D eigenvalue weighted by Crippen LogP contribution is 2.38. The van der Waals surface area contributed by atoms with Crippen molar-refractivity contribution in [1.82, 2.24) is 14.7 Å². The zero-order valence-corrected chi connectivity index (χ0v) is 12.2. The minimum absolute atomic E-state index is 0.142. The molecule has 21 heavy (non-hydrogen) atoms. The normalized spacial score (nSPS) is 23.9. The fourth-order valence-corrected chi connectivity index (χ4v) is 2.84. The van der Waals surface area contributed by atoms with E-state index in [1.807, 2.05) is 0 Å². The van der Waals surface area contributed by atoms with Gasteiger partial charge in [-0.1, -0.05) is 0 Å². The van der Waals surface area contributed by atoms with Crippen molar-refractivity contribution in [2.24, 2.45) is 0 Å². The second kappa shape index (κ2) is 5.60. The van der Waals surface area contributed by atoms with Crippen molar-refractivity contribution in [1.29, 1.82) is 0 Å². The predicted molar refractivity (Wildman–Crippen MR) is 77.0 cm³/mol. The molecule has 2 unspecified atom stereocenters. The van der Waals surface area contributed by atoms with Gasteiger partial charge in [0.1, 0.15) is 6.04 Å². The summed E-state index contributed by atoms with van der Waals surface area (Å²) in [5.74, 6) is 0.298. The Balaban J connectivity index is 1.80. The highest BCUT2D eigenvalue weighted by atomic mass is 16.3. The van der Waals surface area contributed by atoms with Crippen LogP contribution in [-0.4, -0.2) is 44.9 Å². The van der Waals surface area contributed by atoms with Crippen LogP contribution in [0.5, 0.6) is 0 Å². The SMILES string of the molecule is CC(C(=O)N1CCCC(O)C1)n1nc(C2CC2)ccc1=O. The van der Waals surface area contributed by atoms with Crippen LogP contribution in [0.2, 0.25) is 0 Å². The number of aromatic nitrogens is 2. The molecule has 0 radical (unpaired) electrons. The van der Waals surface area contributed by atoms with E-state index in [1.54, 1.807) is 17.9 Å². The number of carbonyl (C=O) groups excluding carboxylic acids is 1. The number of rotatable bonds is 3. The molecule has 1 N–H and O–H groups in total. The van der Waals surface area contributed by atoms with Crippen LogP contribution < -0.4 is 5.56 Å². The van der Waals surface area contributed by atoms with E-state index >= 15 is 0 Å². The zero-order valence-electron chi connectivity index (χ0n) is 12.2. The van der Waals surface area contributed by atoms with Crippen LogP contribution in [0.25, 0.3) is 0 Å². The summed E-state index contributed by atoms with van der Waals surface area (Å²) in [6, 6.07) is 2.63. The number of hydrogen-bond acceptors (Lipinski definition) is 4. The molecule has 0 aromatic carbocycles. The third-order valence-electron chi connectivity index (χ3n) is 4.27.